The zero-order chi connectivity index (χ0) is 12.4. The van der Waals surface area contributed by atoms with E-state index < -0.39 is 0 Å². The summed E-state index contributed by atoms with van der Waals surface area (Å²) in [4.78, 5) is 11.3. The molecule has 1 aliphatic heterocycles. The van der Waals surface area contributed by atoms with Crippen LogP contribution >= 0.6 is 0 Å². The molecule has 0 amide bonds. The molecule has 1 aromatic heterocycles. The summed E-state index contributed by atoms with van der Waals surface area (Å²) in [5.74, 6) is 0.685. The number of fused-ring (bicyclic) bond motifs is 1. The second-order valence-corrected chi connectivity index (χ2v) is 4.64. The Morgan fingerprint density at radius 1 is 1.22 bits per heavy atom. The van der Waals surface area contributed by atoms with Crippen molar-refractivity contribution < 1.29 is 0 Å². The highest BCUT2D eigenvalue weighted by molar-refractivity contribution is 5.52. The van der Waals surface area contributed by atoms with Gasteiger partial charge in [-0.2, -0.15) is 0 Å². The van der Waals surface area contributed by atoms with Gasteiger partial charge in [-0.15, -0.1) is 0 Å². The van der Waals surface area contributed by atoms with Gasteiger partial charge >= 0.3 is 0 Å². The van der Waals surface area contributed by atoms with Gasteiger partial charge in [0.2, 0.25) is 5.95 Å². The molecule has 0 saturated heterocycles. The summed E-state index contributed by atoms with van der Waals surface area (Å²) in [5.41, 5.74) is 3.43. The fourth-order valence-electron chi connectivity index (χ4n) is 2.17. The number of anilines is 2. The van der Waals surface area contributed by atoms with Crippen molar-refractivity contribution in [3.63, 3.8) is 0 Å². The standard InChI is InChI=1S/C14H16N4/c1-18-8-7-13-11(10-18)9-15-14(17-13)16-12-5-3-2-4-6-12/h2-6,9H,7-8,10H2,1H3,(H,15,16,17). The van der Waals surface area contributed by atoms with E-state index in [4.69, 9.17) is 0 Å². The molecule has 2 heterocycles. The first-order chi connectivity index (χ1) is 8.81. The van der Waals surface area contributed by atoms with Crippen LogP contribution in [0.5, 0.6) is 0 Å². The van der Waals surface area contributed by atoms with Crippen molar-refractivity contribution in [2.45, 2.75) is 13.0 Å². The fourth-order valence-corrected chi connectivity index (χ4v) is 2.17. The maximum atomic E-state index is 4.59. The predicted octanol–water partition coefficient (Wildman–Crippen LogP) is 2.21. The van der Waals surface area contributed by atoms with Gasteiger partial charge in [-0.3, -0.25) is 0 Å². The zero-order valence-corrected chi connectivity index (χ0v) is 10.4. The van der Waals surface area contributed by atoms with Crippen molar-refractivity contribution in [2.75, 3.05) is 18.9 Å². The molecule has 0 spiro atoms. The lowest BCUT2D eigenvalue weighted by Crippen LogP contribution is -2.27. The summed E-state index contributed by atoms with van der Waals surface area (Å²) in [6, 6.07) is 10.0. The van der Waals surface area contributed by atoms with Gasteiger partial charge in [-0.05, 0) is 19.2 Å². The van der Waals surface area contributed by atoms with E-state index in [1.807, 2.05) is 36.5 Å². The van der Waals surface area contributed by atoms with Crippen LogP contribution in [0, 0.1) is 0 Å². The summed E-state index contributed by atoms with van der Waals surface area (Å²) in [6.45, 7) is 2.01. The van der Waals surface area contributed by atoms with Crippen LogP contribution in [0.4, 0.5) is 11.6 Å². The van der Waals surface area contributed by atoms with E-state index in [1.165, 1.54) is 11.3 Å². The molecule has 0 saturated carbocycles. The topological polar surface area (TPSA) is 41.1 Å². The first-order valence-corrected chi connectivity index (χ1v) is 6.17. The fraction of sp³-hybridized carbons (Fsp3) is 0.286. The van der Waals surface area contributed by atoms with Crippen molar-refractivity contribution in [1.29, 1.82) is 0 Å². The molecule has 0 radical (unpaired) electrons. The Balaban J connectivity index is 1.82. The third-order valence-corrected chi connectivity index (χ3v) is 3.15. The van der Waals surface area contributed by atoms with E-state index in [2.05, 4.69) is 27.2 Å². The number of nitrogens with one attached hydrogen (secondary N) is 1. The van der Waals surface area contributed by atoms with E-state index in [0.29, 0.717) is 5.95 Å². The second kappa shape index (κ2) is 4.74. The summed E-state index contributed by atoms with van der Waals surface area (Å²) >= 11 is 0. The van der Waals surface area contributed by atoms with Crippen LogP contribution < -0.4 is 5.32 Å². The van der Waals surface area contributed by atoms with Crippen LogP contribution in [0.2, 0.25) is 0 Å². The third-order valence-electron chi connectivity index (χ3n) is 3.15. The van der Waals surface area contributed by atoms with Crippen molar-refractivity contribution in [2.24, 2.45) is 0 Å². The Labute approximate surface area is 107 Å². The molecule has 0 fully saturated rings. The third kappa shape index (κ3) is 2.33. The zero-order valence-electron chi connectivity index (χ0n) is 10.4. The summed E-state index contributed by atoms with van der Waals surface area (Å²) < 4.78 is 0. The summed E-state index contributed by atoms with van der Waals surface area (Å²) in [6.07, 6.45) is 2.93. The lowest BCUT2D eigenvalue weighted by Gasteiger charge is -2.23. The number of hydrogen-bond donors (Lipinski definition) is 1. The van der Waals surface area contributed by atoms with Crippen molar-refractivity contribution in [1.82, 2.24) is 14.9 Å². The van der Waals surface area contributed by atoms with E-state index in [0.717, 1.165) is 25.2 Å². The van der Waals surface area contributed by atoms with Gasteiger partial charge in [-0.25, -0.2) is 9.97 Å². The molecule has 1 aliphatic rings. The predicted molar refractivity (Wildman–Crippen MR) is 71.8 cm³/mol. The Morgan fingerprint density at radius 3 is 2.89 bits per heavy atom. The smallest absolute Gasteiger partial charge is 0.227 e. The van der Waals surface area contributed by atoms with Gasteiger partial charge in [0, 0.05) is 37.0 Å². The average Bonchev–Trinajstić information content (AvgIpc) is 2.40. The highest BCUT2D eigenvalue weighted by Crippen LogP contribution is 2.18. The SMILES string of the molecule is CN1CCc2nc(Nc3ccccc3)ncc2C1. The van der Waals surface area contributed by atoms with E-state index in [9.17, 15) is 0 Å². The molecule has 4 nitrogen and oxygen atoms in total. The molecule has 18 heavy (non-hydrogen) atoms. The maximum Gasteiger partial charge on any atom is 0.227 e. The molecule has 0 bridgehead atoms. The number of benzene rings is 1. The quantitative estimate of drug-likeness (QED) is 0.873. The van der Waals surface area contributed by atoms with Crippen molar-refractivity contribution in [3.05, 3.63) is 47.8 Å². The highest BCUT2D eigenvalue weighted by Gasteiger charge is 2.15. The minimum absolute atomic E-state index is 0.685. The first-order valence-electron chi connectivity index (χ1n) is 6.17. The van der Waals surface area contributed by atoms with Gasteiger partial charge in [0.1, 0.15) is 0 Å². The number of hydrogen-bond acceptors (Lipinski definition) is 4. The molecule has 3 rings (SSSR count). The van der Waals surface area contributed by atoms with Crippen LogP contribution in [0.25, 0.3) is 0 Å². The number of rotatable bonds is 2. The lowest BCUT2D eigenvalue weighted by atomic mass is 10.1. The van der Waals surface area contributed by atoms with Gasteiger partial charge in [0.15, 0.2) is 0 Å². The second-order valence-electron chi connectivity index (χ2n) is 4.64. The minimum Gasteiger partial charge on any atom is -0.324 e. The maximum absolute atomic E-state index is 4.59. The number of nitrogens with zero attached hydrogens (tertiary/aromatic N) is 3. The number of para-hydroxylation sites is 1. The molecule has 1 aromatic carbocycles. The van der Waals surface area contributed by atoms with Crippen LogP contribution in [-0.4, -0.2) is 28.5 Å². The van der Waals surface area contributed by atoms with Gasteiger partial charge in [0.05, 0.1) is 5.69 Å². The van der Waals surface area contributed by atoms with Crippen molar-refractivity contribution >= 4 is 11.6 Å². The molecule has 0 aliphatic carbocycles. The molecule has 4 heteroatoms. The molecule has 0 unspecified atom stereocenters. The number of aromatic nitrogens is 2. The molecule has 1 N–H and O–H groups in total. The molecular formula is C14H16N4. The van der Waals surface area contributed by atoms with E-state index in [-0.39, 0.29) is 0 Å². The van der Waals surface area contributed by atoms with Crippen LogP contribution in [-0.2, 0) is 13.0 Å². The normalized spacial score (nSPS) is 15.2. The Morgan fingerprint density at radius 2 is 2.06 bits per heavy atom. The van der Waals surface area contributed by atoms with Gasteiger partial charge in [0.25, 0.3) is 0 Å². The molecular weight excluding hydrogens is 224 g/mol. The first kappa shape index (κ1) is 11.2. The van der Waals surface area contributed by atoms with Crippen molar-refractivity contribution in [3.8, 4) is 0 Å². The van der Waals surface area contributed by atoms with Gasteiger partial charge in [-0.1, -0.05) is 18.2 Å². The van der Waals surface area contributed by atoms with E-state index >= 15 is 0 Å². The largest absolute Gasteiger partial charge is 0.324 e. The minimum atomic E-state index is 0.685. The Bertz CT molecular complexity index is 539. The lowest BCUT2D eigenvalue weighted by molar-refractivity contribution is 0.309. The molecule has 92 valence electrons. The van der Waals surface area contributed by atoms with E-state index in [1.54, 1.807) is 0 Å². The summed E-state index contributed by atoms with van der Waals surface area (Å²) in [7, 11) is 2.12. The Hall–Kier alpha value is -1.94. The summed E-state index contributed by atoms with van der Waals surface area (Å²) in [5, 5.41) is 3.23. The highest BCUT2D eigenvalue weighted by atomic mass is 15.1. The molecule has 0 atom stereocenters. The van der Waals surface area contributed by atoms with Crippen LogP contribution in [0.3, 0.4) is 0 Å². The number of likely N-dealkylation sites (N-methyl/N-ethyl adjacent to an activating group) is 1. The van der Waals surface area contributed by atoms with Crippen LogP contribution in [0.1, 0.15) is 11.3 Å². The van der Waals surface area contributed by atoms with Gasteiger partial charge < -0.3 is 10.2 Å². The molecule has 2 aromatic rings. The van der Waals surface area contributed by atoms with Crippen LogP contribution in [0.15, 0.2) is 36.5 Å². The monoisotopic (exact) mass is 240 g/mol. The average molecular weight is 240 g/mol. The Kier molecular flexibility index (Phi) is 2.94.